The number of hydrogen-bond donors (Lipinski definition) is 5. The summed E-state index contributed by atoms with van der Waals surface area (Å²) in [5, 5.41) is 23.8. The summed E-state index contributed by atoms with van der Waals surface area (Å²) in [5.74, 6) is -2.81. The van der Waals surface area contributed by atoms with Crippen LogP contribution in [0.25, 0.3) is 22.4 Å². The molecule has 0 bridgehead atoms. The summed E-state index contributed by atoms with van der Waals surface area (Å²) in [5.41, 5.74) is 16.1. The Balaban J connectivity index is 1.74. The number of para-hydroxylation sites is 1. The van der Waals surface area contributed by atoms with E-state index in [0.29, 0.717) is 59.6 Å². The third-order valence-electron chi connectivity index (χ3n) is 8.47. The molecule has 7 N–H and O–H groups in total. The van der Waals surface area contributed by atoms with Gasteiger partial charge < -0.3 is 36.3 Å². The molecule has 0 aliphatic carbocycles. The van der Waals surface area contributed by atoms with Crippen LogP contribution in [0.4, 0.5) is 10.1 Å². The molecule has 4 rings (SSSR count). The van der Waals surface area contributed by atoms with E-state index < -0.39 is 42.4 Å². The van der Waals surface area contributed by atoms with E-state index in [2.05, 4.69) is 5.32 Å². The number of halogens is 1. The maximum atomic E-state index is 14.3. The minimum absolute atomic E-state index is 0.132. The number of anilines is 1. The molecule has 50 heavy (non-hydrogen) atoms. The number of benzene rings is 3. The molecular weight excluding hydrogens is 639 g/mol. The average Bonchev–Trinajstić information content (AvgIpc) is 3.44. The third-order valence-corrected chi connectivity index (χ3v) is 8.47. The highest BCUT2D eigenvalue weighted by molar-refractivity contribution is 6.12. The summed E-state index contributed by atoms with van der Waals surface area (Å²) in [6, 6.07) is 23.7. The van der Waals surface area contributed by atoms with Gasteiger partial charge in [-0.15, -0.1) is 0 Å². The highest BCUT2D eigenvalue weighted by Crippen LogP contribution is 2.42. The molecule has 1 unspecified atom stereocenters. The molecule has 1 amide bonds. The summed E-state index contributed by atoms with van der Waals surface area (Å²) in [4.78, 5) is 38.6. The molecule has 1 heterocycles. The lowest BCUT2D eigenvalue weighted by Crippen LogP contribution is -2.37. The van der Waals surface area contributed by atoms with Crippen molar-refractivity contribution in [3.63, 3.8) is 0 Å². The van der Waals surface area contributed by atoms with Crippen molar-refractivity contribution in [2.75, 3.05) is 11.9 Å². The SMILES string of the molecule is CC(C)c1c(C(=O)Nc2ccccc2)c(-c2ccccc2)c(-c2ccc(F)cc2)n1CC[C@@H](O)C[C@H](CC(=O)O)OC(=O)C(N)CCCCN. The van der Waals surface area contributed by atoms with Crippen molar-refractivity contribution in [1.82, 2.24) is 4.57 Å². The number of carbonyl (C=O) groups excluding carboxylic acids is 2. The van der Waals surface area contributed by atoms with E-state index in [1.165, 1.54) is 12.1 Å². The largest absolute Gasteiger partial charge is 0.481 e. The second kappa shape index (κ2) is 18.2. The first-order valence-corrected chi connectivity index (χ1v) is 17.0. The highest BCUT2D eigenvalue weighted by Gasteiger charge is 2.31. The lowest BCUT2D eigenvalue weighted by molar-refractivity contribution is -0.155. The van der Waals surface area contributed by atoms with Gasteiger partial charge >= 0.3 is 11.9 Å². The van der Waals surface area contributed by atoms with Crippen molar-refractivity contribution in [3.05, 3.63) is 102 Å². The first-order valence-electron chi connectivity index (χ1n) is 17.0. The van der Waals surface area contributed by atoms with E-state index in [9.17, 15) is 29.0 Å². The van der Waals surface area contributed by atoms with Gasteiger partial charge in [0.25, 0.3) is 5.91 Å². The molecule has 0 aliphatic rings. The van der Waals surface area contributed by atoms with E-state index in [4.69, 9.17) is 16.2 Å². The van der Waals surface area contributed by atoms with Gasteiger partial charge in [-0.25, -0.2) is 4.39 Å². The highest BCUT2D eigenvalue weighted by atomic mass is 19.1. The lowest BCUT2D eigenvalue weighted by Gasteiger charge is -2.23. The smallest absolute Gasteiger partial charge is 0.323 e. The molecule has 1 aromatic heterocycles. The normalized spacial score (nSPS) is 13.1. The van der Waals surface area contributed by atoms with Gasteiger partial charge in [-0.3, -0.25) is 14.4 Å². The number of aliphatic carboxylic acids is 1. The number of hydrogen-bond acceptors (Lipinski definition) is 7. The van der Waals surface area contributed by atoms with E-state index in [1.54, 1.807) is 24.3 Å². The number of amides is 1. The molecule has 0 spiro atoms. The van der Waals surface area contributed by atoms with Crippen LogP contribution in [-0.4, -0.2) is 57.4 Å². The van der Waals surface area contributed by atoms with Crippen molar-refractivity contribution in [3.8, 4) is 22.4 Å². The number of carboxylic acids is 1. The zero-order valence-electron chi connectivity index (χ0n) is 28.6. The number of ether oxygens (including phenoxy) is 1. The Morgan fingerprint density at radius 1 is 0.900 bits per heavy atom. The molecule has 10 nitrogen and oxygen atoms in total. The standard InChI is InChI=1S/C39H47FN4O6/c1-25(2)36-35(38(48)43-29-13-7-4-8-14-29)34(26-11-5-3-6-12-26)37(27-16-18-28(40)19-17-27)44(36)22-20-30(45)23-31(24-33(46)47)50-39(49)32(42)15-9-10-21-41/h3-8,11-14,16-19,25,30-32,45H,9-10,15,20-24,41-42H2,1-2H3,(H,43,48)(H,46,47)/t30-,31-,32?/m1/s1. The third kappa shape index (κ3) is 10.1. The molecule has 0 saturated heterocycles. The monoisotopic (exact) mass is 686 g/mol. The fourth-order valence-electron chi connectivity index (χ4n) is 6.15. The average molecular weight is 687 g/mol. The number of aromatic nitrogens is 1. The number of nitrogens with one attached hydrogen (secondary N) is 1. The Kier molecular flexibility index (Phi) is 13.8. The van der Waals surface area contributed by atoms with Crippen molar-refractivity contribution in [2.24, 2.45) is 11.5 Å². The lowest BCUT2D eigenvalue weighted by atomic mass is 9.94. The van der Waals surface area contributed by atoms with Crippen LogP contribution < -0.4 is 16.8 Å². The zero-order valence-corrected chi connectivity index (χ0v) is 28.6. The zero-order chi connectivity index (χ0) is 36.2. The predicted octanol–water partition coefficient (Wildman–Crippen LogP) is 6.32. The molecule has 0 radical (unpaired) electrons. The molecule has 11 heteroatoms. The van der Waals surface area contributed by atoms with Crippen molar-refractivity contribution >= 4 is 23.5 Å². The number of carboxylic acid groups (broad SMARTS) is 1. The van der Waals surface area contributed by atoms with Crippen LogP contribution in [0.5, 0.6) is 0 Å². The van der Waals surface area contributed by atoms with Crippen molar-refractivity contribution in [1.29, 1.82) is 0 Å². The fraction of sp³-hybridized carbons (Fsp3) is 0.359. The van der Waals surface area contributed by atoms with Gasteiger partial charge in [0.2, 0.25) is 0 Å². The van der Waals surface area contributed by atoms with Gasteiger partial charge in [-0.2, -0.15) is 0 Å². The van der Waals surface area contributed by atoms with Crippen LogP contribution in [0, 0.1) is 5.82 Å². The molecule has 0 saturated carbocycles. The predicted molar refractivity (Wildman–Crippen MR) is 192 cm³/mol. The first-order chi connectivity index (χ1) is 24.0. The van der Waals surface area contributed by atoms with Crippen LogP contribution in [0.3, 0.4) is 0 Å². The summed E-state index contributed by atoms with van der Waals surface area (Å²) in [7, 11) is 0. The maximum Gasteiger partial charge on any atom is 0.323 e. The number of aliphatic hydroxyl groups excluding tert-OH is 1. The van der Waals surface area contributed by atoms with E-state index in [-0.39, 0.29) is 31.2 Å². The second-order valence-electron chi connectivity index (χ2n) is 12.7. The van der Waals surface area contributed by atoms with E-state index in [1.807, 2.05) is 66.9 Å². The Morgan fingerprint density at radius 2 is 1.54 bits per heavy atom. The summed E-state index contributed by atoms with van der Waals surface area (Å²) < 4.78 is 21.7. The second-order valence-corrected chi connectivity index (χ2v) is 12.7. The van der Waals surface area contributed by atoms with Crippen LogP contribution in [0.15, 0.2) is 84.9 Å². The van der Waals surface area contributed by atoms with Crippen molar-refractivity contribution in [2.45, 2.75) is 83.1 Å². The minimum atomic E-state index is -1.18. The molecule has 266 valence electrons. The van der Waals surface area contributed by atoms with Gasteiger partial charge in [-0.05, 0) is 79.3 Å². The van der Waals surface area contributed by atoms with Crippen molar-refractivity contribution < 1.29 is 33.7 Å². The van der Waals surface area contributed by atoms with Gasteiger partial charge in [0.15, 0.2) is 0 Å². The Morgan fingerprint density at radius 3 is 2.14 bits per heavy atom. The van der Waals surface area contributed by atoms with Crippen LogP contribution in [0.1, 0.15) is 74.3 Å². The Hall–Kier alpha value is -4.84. The molecular formula is C39H47FN4O6. The first kappa shape index (κ1) is 38.0. The van der Waals surface area contributed by atoms with E-state index >= 15 is 0 Å². The number of nitrogens with two attached hydrogens (primary N) is 2. The number of carbonyl (C=O) groups is 3. The summed E-state index contributed by atoms with van der Waals surface area (Å²) >= 11 is 0. The van der Waals surface area contributed by atoms with Crippen LogP contribution >= 0.6 is 0 Å². The number of nitrogens with zero attached hydrogens (tertiary/aromatic N) is 1. The van der Waals surface area contributed by atoms with Gasteiger partial charge in [0.05, 0.1) is 23.8 Å². The molecule has 0 fully saturated rings. The van der Waals surface area contributed by atoms with Gasteiger partial charge in [-0.1, -0.05) is 68.8 Å². The number of esters is 1. The number of unbranched alkanes of at least 4 members (excludes halogenated alkanes) is 1. The molecule has 0 aliphatic heterocycles. The number of aliphatic hydroxyl groups is 1. The number of rotatable bonds is 18. The fourth-order valence-corrected chi connectivity index (χ4v) is 6.15. The summed E-state index contributed by atoms with van der Waals surface area (Å²) in [6.07, 6.45) is -1.02. The van der Waals surface area contributed by atoms with Gasteiger partial charge in [0.1, 0.15) is 18.0 Å². The molecule has 3 aromatic carbocycles. The molecule has 3 atom stereocenters. The quantitative estimate of drug-likeness (QED) is 0.0598. The topological polar surface area (TPSA) is 170 Å². The minimum Gasteiger partial charge on any atom is -0.481 e. The molecule has 4 aromatic rings. The maximum absolute atomic E-state index is 14.3. The Labute approximate surface area is 292 Å². The van der Waals surface area contributed by atoms with Crippen LogP contribution in [-0.2, 0) is 20.9 Å². The van der Waals surface area contributed by atoms with E-state index in [0.717, 1.165) is 5.56 Å². The van der Waals surface area contributed by atoms with Gasteiger partial charge in [0, 0.05) is 29.9 Å². The summed E-state index contributed by atoms with van der Waals surface area (Å²) in [6.45, 7) is 4.63. The van der Waals surface area contributed by atoms with Crippen LogP contribution in [0.2, 0.25) is 0 Å². The Bertz CT molecular complexity index is 1710.